The molecule has 2 heterocycles. The zero-order valence-electron chi connectivity index (χ0n) is 15.0. The van der Waals surface area contributed by atoms with Crippen LogP contribution in [-0.2, 0) is 27.3 Å². The summed E-state index contributed by atoms with van der Waals surface area (Å²) in [5.74, 6) is -1.59. The molecule has 1 aromatic heterocycles. The Morgan fingerprint density at radius 1 is 1.11 bits per heavy atom. The van der Waals surface area contributed by atoms with Crippen LogP contribution in [0.25, 0.3) is 11.0 Å². The van der Waals surface area contributed by atoms with Gasteiger partial charge in [0.25, 0.3) is 0 Å². The number of amides is 1. The van der Waals surface area contributed by atoms with Gasteiger partial charge in [0.1, 0.15) is 16.7 Å². The van der Waals surface area contributed by atoms with E-state index in [0.29, 0.717) is 6.54 Å². The minimum atomic E-state index is -1.33. The predicted octanol–water partition coefficient (Wildman–Crippen LogP) is 1.38. The van der Waals surface area contributed by atoms with Gasteiger partial charge in [0.2, 0.25) is 5.91 Å². The minimum Gasteiger partial charge on any atom is -0.481 e. The number of hydrogen-bond acceptors (Lipinski definition) is 4. The number of hydrogen-bond donors (Lipinski definition) is 2. The highest BCUT2D eigenvalue weighted by Gasteiger charge is 2.81. The first-order valence-electron chi connectivity index (χ1n) is 9.03. The molecule has 0 spiro atoms. The summed E-state index contributed by atoms with van der Waals surface area (Å²) in [5.41, 5.74) is -0.829. The Morgan fingerprint density at radius 3 is 2.33 bits per heavy atom. The zero-order valence-corrected chi connectivity index (χ0v) is 15.0. The van der Waals surface area contributed by atoms with Crippen molar-refractivity contribution in [2.45, 2.75) is 32.7 Å². The van der Waals surface area contributed by atoms with Crippen molar-refractivity contribution >= 4 is 28.9 Å². The number of carbonyl (C=O) groups excluding carboxylic acids is 1. The lowest BCUT2D eigenvalue weighted by molar-refractivity contribution is -0.151. The molecule has 1 saturated carbocycles. The summed E-state index contributed by atoms with van der Waals surface area (Å²) < 4.78 is 2.00. The fourth-order valence-corrected chi connectivity index (χ4v) is 4.48. The van der Waals surface area contributed by atoms with Gasteiger partial charge in [0.15, 0.2) is 0 Å². The number of aromatic nitrogens is 2. The number of piperidine rings is 1. The maximum Gasteiger partial charge on any atom is 0.312 e. The number of imidazole rings is 1. The van der Waals surface area contributed by atoms with Crippen molar-refractivity contribution in [1.82, 2.24) is 14.5 Å². The average Bonchev–Trinajstić information content (AvgIpc) is 3.00. The van der Waals surface area contributed by atoms with Crippen LogP contribution in [0.3, 0.4) is 0 Å². The summed E-state index contributed by atoms with van der Waals surface area (Å²) >= 11 is 0. The summed E-state index contributed by atoms with van der Waals surface area (Å²) in [6, 6.07) is 7.71. The highest BCUT2D eigenvalue weighted by atomic mass is 16.4. The van der Waals surface area contributed by atoms with Crippen LogP contribution in [0.5, 0.6) is 0 Å². The first kappa shape index (κ1) is 17.5. The minimum absolute atomic E-state index is 0.0290. The van der Waals surface area contributed by atoms with Crippen molar-refractivity contribution in [2.75, 3.05) is 13.1 Å². The topological polar surface area (TPSA) is 113 Å². The highest BCUT2D eigenvalue weighted by Crippen LogP contribution is 2.68. The van der Waals surface area contributed by atoms with E-state index in [4.69, 9.17) is 0 Å². The van der Waals surface area contributed by atoms with Gasteiger partial charge in [0.05, 0.1) is 11.0 Å². The van der Waals surface area contributed by atoms with Crippen LogP contribution in [0.2, 0.25) is 0 Å². The maximum atomic E-state index is 12.7. The van der Waals surface area contributed by atoms with Crippen LogP contribution >= 0.6 is 0 Å². The number of rotatable bonds is 6. The molecule has 2 atom stereocenters. The number of carbonyl (C=O) groups is 3. The van der Waals surface area contributed by atoms with Crippen LogP contribution in [0.15, 0.2) is 24.3 Å². The van der Waals surface area contributed by atoms with E-state index < -0.39 is 22.8 Å². The molecule has 2 aliphatic rings. The third-order valence-electron chi connectivity index (χ3n) is 6.09. The summed E-state index contributed by atoms with van der Waals surface area (Å²) in [6.45, 7) is 2.37. The third-order valence-corrected chi connectivity index (χ3v) is 6.09. The quantitative estimate of drug-likeness (QED) is 0.793. The van der Waals surface area contributed by atoms with Gasteiger partial charge >= 0.3 is 11.9 Å². The van der Waals surface area contributed by atoms with Gasteiger partial charge in [-0.05, 0) is 18.6 Å². The zero-order chi connectivity index (χ0) is 19.4. The van der Waals surface area contributed by atoms with Crippen molar-refractivity contribution < 1.29 is 24.6 Å². The smallest absolute Gasteiger partial charge is 0.312 e. The molecule has 0 bridgehead atoms. The largest absolute Gasteiger partial charge is 0.481 e. The fraction of sp³-hybridized carbons (Fsp3) is 0.474. The molecule has 8 heteroatoms. The van der Waals surface area contributed by atoms with Crippen molar-refractivity contribution in [3.63, 3.8) is 0 Å². The molecule has 4 rings (SSSR count). The van der Waals surface area contributed by atoms with E-state index in [2.05, 4.69) is 4.98 Å². The third kappa shape index (κ3) is 2.35. The number of fused-ring (bicyclic) bond motifs is 2. The highest BCUT2D eigenvalue weighted by molar-refractivity contribution is 5.96. The number of aryl methyl sites for hydroxylation is 2. The maximum absolute atomic E-state index is 12.7. The Hall–Kier alpha value is -2.90. The van der Waals surface area contributed by atoms with E-state index in [-0.39, 0.29) is 31.8 Å². The molecule has 1 amide bonds. The van der Waals surface area contributed by atoms with E-state index in [0.717, 1.165) is 23.3 Å². The van der Waals surface area contributed by atoms with E-state index in [1.807, 2.05) is 35.8 Å². The van der Waals surface area contributed by atoms with Gasteiger partial charge in [-0.2, -0.15) is 0 Å². The summed E-state index contributed by atoms with van der Waals surface area (Å²) in [4.78, 5) is 41.9. The van der Waals surface area contributed by atoms with Gasteiger partial charge in [-0.15, -0.1) is 0 Å². The lowest BCUT2D eigenvalue weighted by Gasteiger charge is -2.20. The average molecular weight is 371 g/mol. The molecule has 2 N–H and O–H groups in total. The standard InChI is InChI=1S/C19H21N3O5/c1-2-14-20-12-5-3-4-6-13(12)22(14)8-7-15(23)21-10-18(16(24)25)9-19(18,11-21)17(26)27/h3-6H,2,7-11H2,1H3,(H,24,25)(H,26,27)/t18-,19+. The fourth-order valence-electron chi connectivity index (χ4n) is 4.48. The molecule has 27 heavy (non-hydrogen) atoms. The lowest BCUT2D eigenvalue weighted by Crippen LogP contribution is -2.35. The second kappa shape index (κ2) is 5.80. The molecular formula is C19H21N3O5. The number of carboxylic acids is 2. The molecule has 1 aromatic carbocycles. The van der Waals surface area contributed by atoms with Crippen LogP contribution < -0.4 is 0 Å². The van der Waals surface area contributed by atoms with E-state index >= 15 is 0 Å². The van der Waals surface area contributed by atoms with Crippen LogP contribution in [0.4, 0.5) is 0 Å². The predicted molar refractivity (Wildman–Crippen MR) is 95.1 cm³/mol. The van der Waals surface area contributed by atoms with Crippen LogP contribution in [0.1, 0.15) is 25.6 Å². The summed E-state index contributed by atoms with van der Waals surface area (Å²) in [6.07, 6.45) is 1.01. The SMILES string of the molecule is CCc1nc2ccccc2n1CCC(=O)N1C[C@@]2(C(=O)O)C[C@@]2(C(=O)O)C1. The number of nitrogens with zero attached hydrogens (tertiary/aromatic N) is 3. The molecule has 1 aliphatic heterocycles. The molecule has 1 aliphatic carbocycles. The number of likely N-dealkylation sites (tertiary alicyclic amines) is 1. The van der Waals surface area contributed by atoms with Gasteiger partial charge in [-0.25, -0.2) is 4.98 Å². The molecule has 0 radical (unpaired) electrons. The molecule has 0 unspecified atom stereocenters. The first-order chi connectivity index (χ1) is 12.8. The summed E-state index contributed by atoms with van der Waals surface area (Å²) in [5, 5.41) is 19.0. The Labute approximate surface area is 155 Å². The molecule has 8 nitrogen and oxygen atoms in total. The molecule has 1 saturated heterocycles. The number of carboxylic acid groups (broad SMARTS) is 2. The Bertz CT molecular complexity index is 939. The number of para-hydroxylation sites is 2. The normalized spacial score (nSPS) is 26.2. The second-order valence-corrected chi connectivity index (χ2v) is 7.47. The first-order valence-corrected chi connectivity index (χ1v) is 9.03. The molecule has 142 valence electrons. The summed E-state index contributed by atoms with van der Waals surface area (Å²) in [7, 11) is 0. The van der Waals surface area contributed by atoms with Crippen molar-refractivity contribution in [3.05, 3.63) is 30.1 Å². The number of aliphatic carboxylic acids is 2. The lowest BCUT2D eigenvalue weighted by atomic mass is 9.97. The van der Waals surface area contributed by atoms with Crippen LogP contribution in [0, 0.1) is 10.8 Å². The Balaban J connectivity index is 1.50. The Morgan fingerprint density at radius 2 is 1.74 bits per heavy atom. The monoisotopic (exact) mass is 371 g/mol. The molecule has 2 aromatic rings. The Kier molecular flexibility index (Phi) is 3.76. The molecular weight excluding hydrogens is 350 g/mol. The van der Waals surface area contributed by atoms with Crippen molar-refractivity contribution in [1.29, 1.82) is 0 Å². The van der Waals surface area contributed by atoms with Crippen LogP contribution in [-0.4, -0.2) is 55.6 Å². The van der Waals surface area contributed by atoms with Gasteiger partial charge in [-0.3, -0.25) is 14.4 Å². The van der Waals surface area contributed by atoms with Gasteiger partial charge in [-0.1, -0.05) is 19.1 Å². The van der Waals surface area contributed by atoms with E-state index in [1.54, 1.807) is 0 Å². The molecule has 2 fully saturated rings. The van der Waals surface area contributed by atoms with Crippen molar-refractivity contribution in [2.24, 2.45) is 10.8 Å². The van der Waals surface area contributed by atoms with Gasteiger partial charge < -0.3 is 19.7 Å². The van der Waals surface area contributed by atoms with Crippen molar-refractivity contribution in [3.8, 4) is 0 Å². The second-order valence-electron chi connectivity index (χ2n) is 7.47. The number of benzene rings is 1. The van der Waals surface area contributed by atoms with Gasteiger partial charge in [0, 0.05) is 32.5 Å². The van der Waals surface area contributed by atoms with E-state index in [1.165, 1.54) is 4.90 Å². The van der Waals surface area contributed by atoms with E-state index in [9.17, 15) is 24.6 Å².